The van der Waals surface area contributed by atoms with Crippen molar-refractivity contribution in [3.63, 3.8) is 0 Å². The molecule has 2 aromatic rings. The van der Waals surface area contributed by atoms with Gasteiger partial charge < -0.3 is 15.1 Å². The minimum absolute atomic E-state index is 0.0653. The molecule has 7 heteroatoms. The van der Waals surface area contributed by atoms with Crippen molar-refractivity contribution in [1.29, 1.82) is 0 Å². The van der Waals surface area contributed by atoms with Gasteiger partial charge in [0, 0.05) is 31.7 Å². The van der Waals surface area contributed by atoms with Gasteiger partial charge >= 0.3 is 6.03 Å². The largest absolute Gasteiger partial charge is 0.353 e. The first-order valence-electron chi connectivity index (χ1n) is 9.25. The maximum Gasteiger partial charge on any atom is 0.317 e. The van der Waals surface area contributed by atoms with E-state index in [1.165, 1.54) is 0 Å². The van der Waals surface area contributed by atoms with Crippen molar-refractivity contribution in [2.75, 3.05) is 25.0 Å². The highest BCUT2D eigenvalue weighted by molar-refractivity contribution is 6.31. The van der Waals surface area contributed by atoms with Crippen LogP contribution in [-0.4, -0.2) is 47.3 Å². The molecule has 0 unspecified atom stereocenters. The van der Waals surface area contributed by atoms with Crippen LogP contribution in [0.2, 0.25) is 5.02 Å². The standard InChI is InChI=1S/C20H26ClN5O/c1-14-11-16(7-8-18(14)21)12-22-20(27)25(3)17-5-4-10-26(13-17)19-9-6-15(2)23-24-19/h6-9,11,17H,4-5,10,12-13H2,1-3H3,(H,22,27)/t17-/m1/s1. The SMILES string of the molecule is Cc1ccc(N2CCC[C@@H](N(C)C(=O)NCc3ccc(Cl)c(C)c3)C2)nn1. The number of hydrogen-bond acceptors (Lipinski definition) is 4. The van der Waals surface area contributed by atoms with Gasteiger partial charge in [0.1, 0.15) is 0 Å². The van der Waals surface area contributed by atoms with E-state index in [1.807, 2.05) is 51.2 Å². The molecule has 0 bridgehead atoms. The number of anilines is 1. The third kappa shape index (κ3) is 4.89. The molecular formula is C20H26ClN5O. The summed E-state index contributed by atoms with van der Waals surface area (Å²) in [6, 6.07) is 9.85. The molecule has 6 nitrogen and oxygen atoms in total. The number of halogens is 1. The highest BCUT2D eigenvalue weighted by Gasteiger charge is 2.26. The number of aromatic nitrogens is 2. The number of likely N-dealkylation sites (N-methyl/N-ethyl adjacent to an activating group) is 1. The molecule has 3 rings (SSSR count). The van der Waals surface area contributed by atoms with Crippen LogP contribution >= 0.6 is 11.6 Å². The Hall–Kier alpha value is -2.34. The smallest absolute Gasteiger partial charge is 0.317 e. The molecule has 27 heavy (non-hydrogen) atoms. The maximum absolute atomic E-state index is 12.6. The minimum Gasteiger partial charge on any atom is -0.353 e. The third-order valence-corrected chi connectivity index (χ3v) is 5.46. The Kier molecular flexibility index (Phi) is 6.16. The van der Waals surface area contributed by atoms with Gasteiger partial charge in [-0.15, -0.1) is 5.10 Å². The fraction of sp³-hybridized carbons (Fsp3) is 0.450. The number of nitrogens with zero attached hydrogens (tertiary/aromatic N) is 4. The first-order chi connectivity index (χ1) is 12.9. The van der Waals surface area contributed by atoms with Crippen LogP contribution in [-0.2, 0) is 6.54 Å². The predicted octanol–water partition coefficient (Wildman–Crippen LogP) is 3.56. The van der Waals surface area contributed by atoms with Gasteiger partial charge in [-0.05, 0) is 56.0 Å². The van der Waals surface area contributed by atoms with E-state index in [4.69, 9.17) is 11.6 Å². The molecular weight excluding hydrogens is 362 g/mol. The first kappa shape index (κ1) is 19.4. The number of amides is 2. The van der Waals surface area contributed by atoms with Gasteiger partial charge in [0.05, 0.1) is 11.7 Å². The summed E-state index contributed by atoms with van der Waals surface area (Å²) in [6.45, 7) is 6.08. The van der Waals surface area contributed by atoms with Gasteiger partial charge in [-0.2, -0.15) is 5.10 Å². The van der Waals surface area contributed by atoms with Crippen molar-refractivity contribution >= 4 is 23.4 Å². The van der Waals surface area contributed by atoms with E-state index in [0.717, 1.165) is 53.6 Å². The summed E-state index contributed by atoms with van der Waals surface area (Å²) in [7, 11) is 1.86. The van der Waals surface area contributed by atoms with Crippen molar-refractivity contribution in [2.45, 2.75) is 39.3 Å². The van der Waals surface area contributed by atoms with Crippen LogP contribution in [0.5, 0.6) is 0 Å². The van der Waals surface area contributed by atoms with Crippen molar-refractivity contribution in [3.05, 3.63) is 52.2 Å². The number of hydrogen-bond donors (Lipinski definition) is 1. The quantitative estimate of drug-likeness (QED) is 0.871. The number of benzene rings is 1. The zero-order valence-corrected chi connectivity index (χ0v) is 16.8. The Morgan fingerprint density at radius 3 is 2.81 bits per heavy atom. The molecule has 0 saturated carbocycles. The molecule has 1 saturated heterocycles. The molecule has 1 aliphatic rings. The second kappa shape index (κ2) is 8.57. The molecule has 1 aliphatic heterocycles. The number of carbonyl (C=O) groups is 1. The van der Waals surface area contributed by atoms with Crippen molar-refractivity contribution < 1.29 is 4.79 Å². The molecule has 0 aliphatic carbocycles. The summed E-state index contributed by atoms with van der Waals surface area (Å²) in [5.74, 6) is 0.871. The van der Waals surface area contributed by atoms with Crippen LogP contribution in [0.15, 0.2) is 30.3 Å². The molecule has 0 spiro atoms. The Morgan fingerprint density at radius 1 is 1.30 bits per heavy atom. The Morgan fingerprint density at radius 2 is 2.11 bits per heavy atom. The van der Waals surface area contributed by atoms with Gasteiger partial charge in [-0.25, -0.2) is 4.79 Å². The Labute approximate surface area is 165 Å². The van der Waals surface area contributed by atoms with Gasteiger partial charge in [0.25, 0.3) is 0 Å². The summed E-state index contributed by atoms with van der Waals surface area (Å²) in [5.41, 5.74) is 2.96. The fourth-order valence-electron chi connectivity index (χ4n) is 3.32. The van der Waals surface area contributed by atoms with Crippen LogP contribution < -0.4 is 10.2 Å². The monoisotopic (exact) mass is 387 g/mol. The third-order valence-electron chi connectivity index (χ3n) is 5.04. The number of nitrogens with one attached hydrogen (secondary N) is 1. The fourth-order valence-corrected chi connectivity index (χ4v) is 3.44. The van der Waals surface area contributed by atoms with Crippen LogP contribution in [0.1, 0.15) is 29.7 Å². The normalized spacial score (nSPS) is 16.9. The topological polar surface area (TPSA) is 61.4 Å². The average Bonchev–Trinajstić information content (AvgIpc) is 2.68. The van der Waals surface area contributed by atoms with Crippen molar-refractivity contribution in [2.24, 2.45) is 0 Å². The number of carbonyl (C=O) groups excluding carboxylic acids is 1. The summed E-state index contributed by atoms with van der Waals surface area (Å²) >= 11 is 6.06. The Balaban J connectivity index is 1.57. The van der Waals surface area contributed by atoms with E-state index in [9.17, 15) is 4.79 Å². The highest BCUT2D eigenvalue weighted by Crippen LogP contribution is 2.20. The number of aryl methyl sites for hydroxylation is 2. The maximum atomic E-state index is 12.6. The number of rotatable bonds is 4. The van der Waals surface area contributed by atoms with E-state index in [1.54, 1.807) is 4.90 Å². The molecule has 0 radical (unpaired) electrons. The molecule has 1 aromatic carbocycles. The zero-order chi connectivity index (χ0) is 19.4. The van der Waals surface area contributed by atoms with Crippen molar-refractivity contribution in [3.8, 4) is 0 Å². The number of urea groups is 1. The van der Waals surface area contributed by atoms with E-state index in [2.05, 4.69) is 20.4 Å². The van der Waals surface area contributed by atoms with Crippen molar-refractivity contribution in [1.82, 2.24) is 20.4 Å². The van der Waals surface area contributed by atoms with Crippen LogP contribution in [0.3, 0.4) is 0 Å². The molecule has 2 heterocycles. The van der Waals surface area contributed by atoms with Crippen LogP contribution in [0, 0.1) is 13.8 Å². The van der Waals surface area contributed by atoms with E-state index < -0.39 is 0 Å². The lowest BCUT2D eigenvalue weighted by Crippen LogP contribution is -2.51. The van der Waals surface area contributed by atoms with E-state index in [0.29, 0.717) is 6.54 Å². The average molecular weight is 388 g/mol. The summed E-state index contributed by atoms with van der Waals surface area (Å²) in [5, 5.41) is 12.2. The van der Waals surface area contributed by atoms with Gasteiger partial charge in [0.2, 0.25) is 0 Å². The molecule has 1 fully saturated rings. The summed E-state index contributed by atoms with van der Waals surface area (Å²) in [6.07, 6.45) is 2.01. The van der Waals surface area contributed by atoms with E-state index in [-0.39, 0.29) is 12.1 Å². The lowest BCUT2D eigenvalue weighted by Gasteiger charge is -2.38. The number of piperidine rings is 1. The predicted molar refractivity (Wildman–Crippen MR) is 108 cm³/mol. The lowest BCUT2D eigenvalue weighted by atomic mass is 10.0. The summed E-state index contributed by atoms with van der Waals surface area (Å²) in [4.78, 5) is 16.6. The highest BCUT2D eigenvalue weighted by atomic mass is 35.5. The minimum atomic E-state index is -0.0653. The van der Waals surface area contributed by atoms with Crippen LogP contribution in [0.4, 0.5) is 10.6 Å². The molecule has 2 amide bonds. The zero-order valence-electron chi connectivity index (χ0n) is 16.1. The molecule has 144 valence electrons. The second-order valence-corrected chi connectivity index (χ2v) is 7.54. The lowest BCUT2D eigenvalue weighted by molar-refractivity contribution is 0.182. The first-order valence-corrected chi connectivity index (χ1v) is 9.63. The van der Waals surface area contributed by atoms with Gasteiger partial charge in [-0.1, -0.05) is 23.7 Å². The van der Waals surface area contributed by atoms with Gasteiger partial charge in [0.15, 0.2) is 5.82 Å². The van der Waals surface area contributed by atoms with Crippen LogP contribution in [0.25, 0.3) is 0 Å². The van der Waals surface area contributed by atoms with E-state index >= 15 is 0 Å². The molecule has 1 atom stereocenters. The molecule has 1 aromatic heterocycles. The molecule has 1 N–H and O–H groups in total. The Bertz CT molecular complexity index is 795. The second-order valence-electron chi connectivity index (χ2n) is 7.13. The summed E-state index contributed by atoms with van der Waals surface area (Å²) < 4.78 is 0. The van der Waals surface area contributed by atoms with Gasteiger partial charge in [-0.3, -0.25) is 0 Å².